The summed E-state index contributed by atoms with van der Waals surface area (Å²) >= 11 is 3.32. The highest BCUT2D eigenvalue weighted by Gasteiger charge is 2.18. The molecule has 19 heavy (non-hydrogen) atoms. The minimum Gasteiger partial charge on any atom is -0.505 e. The largest absolute Gasteiger partial charge is 0.505 e. The Hall–Kier alpha value is -2.07. The van der Waals surface area contributed by atoms with E-state index >= 15 is 0 Å². The summed E-state index contributed by atoms with van der Waals surface area (Å²) in [5, 5.41) is 10.8. The maximum absolute atomic E-state index is 12.3. The van der Waals surface area contributed by atoms with Crippen LogP contribution in [0.5, 0.6) is 5.75 Å². The average Bonchev–Trinajstić information content (AvgIpc) is 2.77. The number of halogens is 1. The molecule has 0 atom stereocenters. The van der Waals surface area contributed by atoms with Gasteiger partial charge in [0.2, 0.25) is 5.78 Å². The maximum atomic E-state index is 12.3. The van der Waals surface area contributed by atoms with Crippen LogP contribution < -0.4 is 0 Å². The van der Waals surface area contributed by atoms with E-state index in [2.05, 4.69) is 20.9 Å². The molecule has 3 aromatic rings. The van der Waals surface area contributed by atoms with Gasteiger partial charge in [-0.3, -0.25) is 4.79 Å². The quantitative estimate of drug-likeness (QED) is 0.705. The van der Waals surface area contributed by atoms with Crippen molar-refractivity contribution in [3.05, 3.63) is 64.3 Å². The summed E-state index contributed by atoms with van der Waals surface area (Å²) in [6.45, 7) is 0. The van der Waals surface area contributed by atoms with Crippen LogP contribution in [0, 0.1) is 0 Å². The zero-order chi connectivity index (χ0) is 13.4. The molecule has 0 aliphatic carbocycles. The van der Waals surface area contributed by atoms with Gasteiger partial charge >= 0.3 is 0 Å². The number of ketones is 1. The van der Waals surface area contributed by atoms with Crippen molar-refractivity contribution in [1.82, 2.24) is 4.98 Å². The third-order valence-electron chi connectivity index (χ3n) is 3.01. The molecule has 4 heteroatoms. The first-order chi connectivity index (χ1) is 9.16. The molecule has 1 heterocycles. The number of H-pyrrole nitrogens is 1. The highest BCUT2D eigenvalue weighted by molar-refractivity contribution is 9.10. The topological polar surface area (TPSA) is 53.1 Å². The van der Waals surface area contributed by atoms with E-state index < -0.39 is 0 Å². The Morgan fingerprint density at radius 1 is 1.05 bits per heavy atom. The molecule has 0 amide bonds. The molecule has 0 aliphatic rings. The molecule has 94 valence electrons. The van der Waals surface area contributed by atoms with E-state index in [1.165, 1.54) is 0 Å². The number of benzene rings is 2. The van der Waals surface area contributed by atoms with Gasteiger partial charge in [-0.15, -0.1) is 0 Å². The summed E-state index contributed by atoms with van der Waals surface area (Å²) in [6.07, 6.45) is 0. The number of fused-ring (bicyclic) bond motifs is 1. The number of hydrogen-bond acceptors (Lipinski definition) is 2. The van der Waals surface area contributed by atoms with E-state index in [1.807, 2.05) is 18.2 Å². The van der Waals surface area contributed by atoms with Gasteiger partial charge in [0.25, 0.3) is 0 Å². The van der Waals surface area contributed by atoms with Gasteiger partial charge in [0, 0.05) is 20.9 Å². The third kappa shape index (κ3) is 2.04. The van der Waals surface area contributed by atoms with Gasteiger partial charge in [0.05, 0.1) is 0 Å². The zero-order valence-corrected chi connectivity index (χ0v) is 11.4. The molecule has 0 saturated carbocycles. The molecule has 3 nitrogen and oxygen atoms in total. The Bertz CT molecular complexity index is 759. The second-order valence-electron chi connectivity index (χ2n) is 4.23. The number of aromatic hydroxyl groups is 1. The van der Waals surface area contributed by atoms with Gasteiger partial charge in [-0.05, 0) is 36.4 Å². The van der Waals surface area contributed by atoms with E-state index in [0.29, 0.717) is 10.9 Å². The maximum Gasteiger partial charge on any atom is 0.213 e. The summed E-state index contributed by atoms with van der Waals surface area (Å²) in [7, 11) is 0. The molecule has 0 unspecified atom stereocenters. The van der Waals surface area contributed by atoms with Crippen LogP contribution in [-0.4, -0.2) is 15.9 Å². The number of hydrogen-bond donors (Lipinski definition) is 2. The van der Waals surface area contributed by atoms with Crippen molar-refractivity contribution in [3.63, 3.8) is 0 Å². The fraction of sp³-hybridized carbons (Fsp3) is 0. The highest BCUT2D eigenvalue weighted by Crippen LogP contribution is 2.30. The Labute approximate surface area is 118 Å². The molecule has 0 bridgehead atoms. The Kier molecular flexibility index (Phi) is 2.87. The molecule has 0 saturated heterocycles. The second-order valence-corrected chi connectivity index (χ2v) is 5.15. The van der Waals surface area contributed by atoms with Crippen LogP contribution in [0.3, 0.4) is 0 Å². The molecule has 0 fully saturated rings. The van der Waals surface area contributed by atoms with Crippen molar-refractivity contribution in [3.8, 4) is 5.75 Å². The Balaban J connectivity index is 2.11. The first-order valence-corrected chi connectivity index (χ1v) is 6.56. The summed E-state index contributed by atoms with van der Waals surface area (Å²) < 4.78 is 0.907. The normalized spacial score (nSPS) is 10.8. The number of para-hydroxylation sites is 1. The van der Waals surface area contributed by atoms with Crippen LogP contribution in [0.25, 0.3) is 10.9 Å². The summed E-state index contributed by atoms with van der Waals surface area (Å²) in [6, 6.07) is 14.3. The summed E-state index contributed by atoms with van der Waals surface area (Å²) in [5.74, 6) is -0.218. The van der Waals surface area contributed by atoms with Gasteiger partial charge in [0.15, 0.2) is 5.75 Å². The minimum absolute atomic E-state index is 0.00326. The van der Waals surface area contributed by atoms with Crippen molar-refractivity contribution >= 4 is 32.6 Å². The lowest BCUT2D eigenvalue weighted by Gasteiger charge is -1.99. The van der Waals surface area contributed by atoms with Crippen molar-refractivity contribution in [2.24, 2.45) is 0 Å². The van der Waals surface area contributed by atoms with Crippen LogP contribution in [0.1, 0.15) is 16.1 Å². The second kappa shape index (κ2) is 4.55. The molecule has 3 rings (SSSR count). The fourth-order valence-electron chi connectivity index (χ4n) is 2.04. The monoisotopic (exact) mass is 315 g/mol. The molecule has 1 aromatic heterocycles. The molecule has 2 aromatic carbocycles. The van der Waals surface area contributed by atoms with Gasteiger partial charge in [-0.1, -0.05) is 28.1 Å². The summed E-state index contributed by atoms with van der Waals surface area (Å²) in [4.78, 5) is 15.3. The molecule has 0 aliphatic heterocycles. The Morgan fingerprint density at radius 3 is 2.42 bits per heavy atom. The SMILES string of the molecule is O=C(c1ccc(Br)cc1)c1[nH]c2ccccc2c1O. The lowest BCUT2D eigenvalue weighted by molar-refractivity contribution is 0.103. The minimum atomic E-state index is -0.221. The molecule has 2 N–H and O–H groups in total. The third-order valence-corrected chi connectivity index (χ3v) is 3.54. The summed E-state index contributed by atoms with van der Waals surface area (Å²) in [5.41, 5.74) is 1.51. The lowest BCUT2D eigenvalue weighted by atomic mass is 10.1. The standard InChI is InChI=1S/C15H10BrNO2/c16-10-7-5-9(6-8-10)14(18)13-15(19)11-3-1-2-4-12(11)17-13/h1-8,17,19H. The Morgan fingerprint density at radius 2 is 1.74 bits per heavy atom. The number of nitrogens with one attached hydrogen (secondary N) is 1. The van der Waals surface area contributed by atoms with E-state index in [-0.39, 0.29) is 17.2 Å². The number of rotatable bonds is 2. The molecule has 0 spiro atoms. The van der Waals surface area contributed by atoms with Crippen LogP contribution in [0.4, 0.5) is 0 Å². The van der Waals surface area contributed by atoms with Crippen LogP contribution in [-0.2, 0) is 0 Å². The highest BCUT2D eigenvalue weighted by atomic mass is 79.9. The number of aromatic amines is 1. The van der Waals surface area contributed by atoms with Crippen molar-refractivity contribution in [2.45, 2.75) is 0 Å². The van der Waals surface area contributed by atoms with Crippen molar-refractivity contribution in [1.29, 1.82) is 0 Å². The number of aromatic nitrogens is 1. The number of carbonyl (C=O) groups is 1. The van der Waals surface area contributed by atoms with Gasteiger partial charge in [0.1, 0.15) is 5.69 Å². The predicted octanol–water partition coefficient (Wildman–Crippen LogP) is 3.87. The first kappa shape index (κ1) is 12.0. The lowest BCUT2D eigenvalue weighted by Crippen LogP contribution is -2.01. The van der Waals surface area contributed by atoms with Crippen LogP contribution in [0.2, 0.25) is 0 Å². The number of carbonyl (C=O) groups excluding carboxylic acids is 1. The molecular weight excluding hydrogens is 306 g/mol. The van der Waals surface area contributed by atoms with Gasteiger partial charge in [-0.25, -0.2) is 0 Å². The first-order valence-electron chi connectivity index (χ1n) is 5.77. The van der Waals surface area contributed by atoms with E-state index in [0.717, 1.165) is 9.99 Å². The fourth-order valence-corrected chi connectivity index (χ4v) is 2.30. The predicted molar refractivity (Wildman–Crippen MR) is 77.5 cm³/mol. The van der Waals surface area contributed by atoms with Crippen molar-refractivity contribution < 1.29 is 9.90 Å². The van der Waals surface area contributed by atoms with Crippen LogP contribution in [0.15, 0.2) is 53.0 Å². The molecular formula is C15H10BrNO2. The van der Waals surface area contributed by atoms with E-state index in [9.17, 15) is 9.90 Å². The van der Waals surface area contributed by atoms with Gasteiger partial charge in [-0.2, -0.15) is 0 Å². The van der Waals surface area contributed by atoms with E-state index in [4.69, 9.17) is 0 Å². The van der Waals surface area contributed by atoms with Gasteiger partial charge < -0.3 is 10.1 Å². The van der Waals surface area contributed by atoms with Crippen LogP contribution >= 0.6 is 15.9 Å². The zero-order valence-electron chi connectivity index (χ0n) is 9.85. The molecule has 0 radical (unpaired) electrons. The smallest absolute Gasteiger partial charge is 0.213 e. The van der Waals surface area contributed by atoms with Crippen molar-refractivity contribution in [2.75, 3.05) is 0 Å². The average molecular weight is 316 g/mol. The van der Waals surface area contributed by atoms with E-state index in [1.54, 1.807) is 30.3 Å².